The molecule has 0 aliphatic heterocycles. The second-order valence-electron chi connectivity index (χ2n) is 6.04. The fourth-order valence-corrected chi connectivity index (χ4v) is 2.08. The van der Waals surface area contributed by atoms with Gasteiger partial charge in [-0.25, -0.2) is 0 Å². The van der Waals surface area contributed by atoms with Crippen molar-refractivity contribution in [2.45, 2.75) is 58.6 Å². The van der Waals surface area contributed by atoms with Gasteiger partial charge in [-0.15, -0.1) is 12.4 Å². The molecule has 0 radical (unpaired) electrons. The summed E-state index contributed by atoms with van der Waals surface area (Å²) < 4.78 is 5.47. The van der Waals surface area contributed by atoms with E-state index in [0.29, 0.717) is 19.1 Å². The lowest BCUT2D eigenvalue weighted by molar-refractivity contribution is -0.131. The molecule has 0 saturated heterocycles. The number of carbonyl (C=O) groups excluding carboxylic acids is 1. The SMILES string of the molecule is CCCCOC(C)C(=O)NCC(N)c1ccc(C(C)C)cc1.Cl. The molecule has 2 unspecified atom stereocenters. The quantitative estimate of drug-likeness (QED) is 0.674. The maximum atomic E-state index is 11.9. The molecule has 0 fully saturated rings. The molecule has 0 aromatic heterocycles. The Bertz CT molecular complexity index is 449. The standard InChI is InChI=1S/C18H30N2O2.ClH/c1-5-6-11-22-14(4)18(21)20-12-17(19)16-9-7-15(8-10-16)13(2)3;/h7-10,13-14,17H,5-6,11-12,19H2,1-4H3,(H,20,21);1H. The van der Waals surface area contributed by atoms with Gasteiger partial charge in [0.15, 0.2) is 0 Å². The average molecular weight is 343 g/mol. The summed E-state index contributed by atoms with van der Waals surface area (Å²) in [5.74, 6) is 0.399. The van der Waals surface area contributed by atoms with Gasteiger partial charge in [-0.3, -0.25) is 4.79 Å². The van der Waals surface area contributed by atoms with Crippen molar-refractivity contribution < 1.29 is 9.53 Å². The van der Waals surface area contributed by atoms with E-state index < -0.39 is 6.10 Å². The number of hydrogen-bond acceptors (Lipinski definition) is 3. The number of ether oxygens (including phenoxy) is 1. The summed E-state index contributed by atoms with van der Waals surface area (Å²) >= 11 is 0. The van der Waals surface area contributed by atoms with Crippen LogP contribution in [-0.4, -0.2) is 25.2 Å². The number of amides is 1. The first kappa shape index (κ1) is 21.9. The molecule has 0 saturated carbocycles. The summed E-state index contributed by atoms with van der Waals surface area (Å²) in [6.45, 7) is 9.23. The summed E-state index contributed by atoms with van der Waals surface area (Å²) in [7, 11) is 0. The van der Waals surface area contributed by atoms with Gasteiger partial charge in [-0.1, -0.05) is 51.5 Å². The Kier molecular flexibility index (Phi) is 10.9. The van der Waals surface area contributed by atoms with Crippen molar-refractivity contribution in [2.24, 2.45) is 5.73 Å². The predicted octanol–water partition coefficient (Wildman–Crippen LogP) is 3.55. The summed E-state index contributed by atoms with van der Waals surface area (Å²) in [5, 5.41) is 2.86. The predicted molar refractivity (Wildman–Crippen MR) is 98.0 cm³/mol. The third-order valence-electron chi connectivity index (χ3n) is 3.76. The van der Waals surface area contributed by atoms with Crippen molar-refractivity contribution in [3.05, 3.63) is 35.4 Å². The molecule has 0 bridgehead atoms. The molecule has 1 aromatic carbocycles. The van der Waals surface area contributed by atoms with E-state index in [9.17, 15) is 4.79 Å². The van der Waals surface area contributed by atoms with E-state index in [0.717, 1.165) is 18.4 Å². The molecule has 4 nitrogen and oxygen atoms in total. The second-order valence-corrected chi connectivity index (χ2v) is 6.04. The minimum atomic E-state index is -0.429. The molecule has 0 spiro atoms. The van der Waals surface area contributed by atoms with E-state index in [1.807, 2.05) is 12.1 Å². The number of rotatable bonds is 9. The molecule has 1 rings (SSSR count). The Labute approximate surface area is 146 Å². The zero-order valence-electron chi connectivity index (χ0n) is 14.7. The van der Waals surface area contributed by atoms with Crippen molar-refractivity contribution in [1.82, 2.24) is 5.32 Å². The Balaban J connectivity index is 0.00000484. The molecule has 132 valence electrons. The molecule has 0 aliphatic carbocycles. The van der Waals surface area contributed by atoms with Crippen molar-refractivity contribution >= 4 is 18.3 Å². The van der Waals surface area contributed by atoms with E-state index in [1.54, 1.807) is 6.92 Å². The second kappa shape index (κ2) is 11.4. The summed E-state index contributed by atoms with van der Waals surface area (Å²) in [5.41, 5.74) is 8.46. The first-order valence-electron chi connectivity index (χ1n) is 8.20. The van der Waals surface area contributed by atoms with Crippen LogP contribution in [0.5, 0.6) is 0 Å². The molecule has 1 aromatic rings. The van der Waals surface area contributed by atoms with Gasteiger partial charge in [0.25, 0.3) is 0 Å². The van der Waals surface area contributed by atoms with Crippen LogP contribution in [-0.2, 0) is 9.53 Å². The van der Waals surface area contributed by atoms with Crippen molar-refractivity contribution in [1.29, 1.82) is 0 Å². The minimum absolute atomic E-state index is 0. The zero-order chi connectivity index (χ0) is 16.5. The summed E-state index contributed by atoms with van der Waals surface area (Å²) in [6, 6.07) is 8.06. The molecule has 23 heavy (non-hydrogen) atoms. The van der Waals surface area contributed by atoms with Crippen LogP contribution in [0.2, 0.25) is 0 Å². The normalized spacial score (nSPS) is 13.3. The lowest BCUT2D eigenvalue weighted by atomic mass is 9.99. The van der Waals surface area contributed by atoms with Gasteiger partial charge >= 0.3 is 0 Å². The molecule has 3 N–H and O–H groups in total. The number of unbranched alkanes of at least 4 members (excludes halogenated alkanes) is 1. The third-order valence-corrected chi connectivity index (χ3v) is 3.76. The Morgan fingerprint density at radius 2 is 1.74 bits per heavy atom. The third kappa shape index (κ3) is 7.82. The van der Waals surface area contributed by atoms with E-state index in [4.69, 9.17) is 10.5 Å². The van der Waals surface area contributed by atoms with Crippen LogP contribution in [0.3, 0.4) is 0 Å². The molecule has 2 atom stereocenters. The van der Waals surface area contributed by atoms with Gasteiger partial charge in [0.05, 0.1) is 0 Å². The van der Waals surface area contributed by atoms with Crippen LogP contribution in [0, 0.1) is 0 Å². The highest BCUT2D eigenvalue weighted by Gasteiger charge is 2.14. The highest BCUT2D eigenvalue weighted by atomic mass is 35.5. The van der Waals surface area contributed by atoms with E-state index in [2.05, 4.69) is 38.2 Å². The number of hydrogen-bond donors (Lipinski definition) is 2. The van der Waals surface area contributed by atoms with Gasteiger partial charge in [0.2, 0.25) is 5.91 Å². The number of nitrogens with two attached hydrogens (primary N) is 1. The van der Waals surface area contributed by atoms with Gasteiger partial charge in [0.1, 0.15) is 6.10 Å². The number of nitrogens with one attached hydrogen (secondary N) is 1. The Morgan fingerprint density at radius 3 is 2.26 bits per heavy atom. The van der Waals surface area contributed by atoms with Crippen LogP contribution < -0.4 is 11.1 Å². The van der Waals surface area contributed by atoms with E-state index >= 15 is 0 Å². The largest absolute Gasteiger partial charge is 0.369 e. The highest BCUT2D eigenvalue weighted by molar-refractivity contribution is 5.85. The van der Waals surface area contributed by atoms with Crippen molar-refractivity contribution in [3.8, 4) is 0 Å². The molecule has 0 heterocycles. The zero-order valence-corrected chi connectivity index (χ0v) is 15.5. The van der Waals surface area contributed by atoms with Crippen molar-refractivity contribution in [3.63, 3.8) is 0 Å². The minimum Gasteiger partial charge on any atom is -0.369 e. The van der Waals surface area contributed by atoms with Crippen LogP contribution in [0.1, 0.15) is 63.6 Å². The van der Waals surface area contributed by atoms with Crippen LogP contribution in [0.4, 0.5) is 0 Å². The Hall–Kier alpha value is -1.10. The van der Waals surface area contributed by atoms with Crippen LogP contribution >= 0.6 is 12.4 Å². The van der Waals surface area contributed by atoms with E-state index in [-0.39, 0.29) is 24.4 Å². The lowest BCUT2D eigenvalue weighted by Gasteiger charge is -2.17. The van der Waals surface area contributed by atoms with Gasteiger partial charge in [-0.2, -0.15) is 0 Å². The van der Waals surface area contributed by atoms with E-state index in [1.165, 1.54) is 5.56 Å². The van der Waals surface area contributed by atoms with Gasteiger partial charge in [0, 0.05) is 19.2 Å². The topological polar surface area (TPSA) is 64.3 Å². The van der Waals surface area contributed by atoms with Gasteiger partial charge < -0.3 is 15.8 Å². The maximum Gasteiger partial charge on any atom is 0.248 e. The first-order valence-corrected chi connectivity index (χ1v) is 8.20. The first-order chi connectivity index (χ1) is 10.5. The highest BCUT2D eigenvalue weighted by Crippen LogP contribution is 2.17. The molecule has 5 heteroatoms. The number of benzene rings is 1. The average Bonchev–Trinajstić information content (AvgIpc) is 2.52. The van der Waals surface area contributed by atoms with Crippen molar-refractivity contribution in [2.75, 3.05) is 13.2 Å². The molecular formula is C18H31ClN2O2. The molecular weight excluding hydrogens is 312 g/mol. The Morgan fingerprint density at radius 1 is 1.17 bits per heavy atom. The van der Waals surface area contributed by atoms with Gasteiger partial charge in [-0.05, 0) is 30.4 Å². The lowest BCUT2D eigenvalue weighted by Crippen LogP contribution is -2.38. The maximum absolute atomic E-state index is 11.9. The summed E-state index contributed by atoms with van der Waals surface area (Å²) in [4.78, 5) is 11.9. The summed E-state index contributed by atoms with van der Waals surface area (Å²) in [6.07, 6.45) is 1.60. The number of halogens is 1. The molecule has 0 aliphatic rings. The molecule has 1 amide bonds. The fourth-order valence-electron chi connectivity index (χ4n) is 2.08. The fraction of sp³-hybridized carbons (Fsp3) is 0.611. The van der Waals surface area contributed by atoms with Crippen LogP contribution in [0.15, 0.2) is 24.3 Å². The smallest absolute Gasteiger partial charge is 0.248 e. The number of carbonyl (C=O) groups is 1. The monoisotopic (exact) mass is 342 g/mol. The van der Waals surface area contributed by atoms with Crippen LogP contribution in [0.25, 0.3) is 0 Å².